The maximum Gasteiger partial charge on any atom is 0.259 e. The summed E-state index contributed by atoms with van der Waals surface area (Å²) >= 11 is 1.65. The fraction of sp³-hybridized carbons (Fsp3) is 0.263. The van der Waals surface area contributed by atoms with Crippen LogP contribution >= 0.6 is 11.3 Å². The van der Waals surface area contributed by atoms with Crippen LogP contribution in [0.1, 0.15) is 11.8 Å². The van der Waals surface area contributed by atoms with Gasteiger partial charge in [-0.05, 0) is 37.9 Å². The van der Waals surface area contributed by atoms with Crippen LogP contribution in [-0.2, 0) is 18.4 Å². The van der Waals surface area contributed by atoms with Crippen molar-refractivity contribution in [1.82, 2.24) is 9.47 Å². The SMILES string of the molecule is CC(=O)Nc1cccc(-c2cn(C)c(=O)c3cc(CN(C)C)sc23)c1. The Labute approximate surface area is 150 Å². The number of thiophene rings is 1. The summed E-state index contributed by atoms with van der Waals surface area (Å²) in [6.45, 7) is 2.29. The van der Waals surface area contributed by atoms with Crippen molar-refractivity contribution in [2.24, 2.45) is 7.05 Å². The molecule has 5 nitrogen and oxygen atoms in total. The third kappa shape index (κ3) is 3.65. The lowest BCUT2D eigenvalue weighted by Crippen LogP contribution is -2.15. The number of anilines is 1. The molecule has 25 heavy (non-hydrogen) atoms. The number of rotatable bonds is 4. The molecule has 1 aromatic carbocycles. The zero-order chi connectivity index (χ0) is 18.1. The molecule has 0 saturated carbocycles. The number of benzene rings is 1. The molecule has 1 N–H and O–H groups in total. The van der Waals surface area contributed by atoms with Gasteiger partial charge in [0.05, 0.1) is 5.39 Å². The second-order valence-electron chi connectivity index (χ2n) is 6.41. The Morgan fingerprint density at radius 3 is 2.72 bits per heavy atom. The van der Waals surface area contributed by atoms with E-state index in [1.807, 2.05) is 50.6 Å². The Kier molecular flexibility index (Phi) is 4.74. The molecule has 3 rings (SSSR count). The van der Waals surface area contributed by atoms with E-state index in [4.69, 9.17) is 0 Å². The van der Waals surface area contributed by atoms with E-state index in [0.29, 0.717) is 0 Å². The van der Waals surface area contributed by atoms with Crippen LogP contribution < -0.4 is 10.9 Å². The molecule has 6 heteroatoms. The molecular weight excluding hydrogens is 334 g/mol. The molecule has 2 aromatic heterocycles. The summed E-state index contributed by atoms with van der Waals surface area (Å²) in [4.78, 5) is 27.1. The number of aryl methyl sites for hydroxylation is 1. The topological polar surface area (TPSA) is 54.3 Å². The van der Waals surface area contributed by atoms with Gasteiger partial charge in [0, 0.05) is 47.5 Å². The number of amides is 1. The summed E-state index contributed by atoms with van der Waals surface area (Å²) < 4.78 is 2.61. The van der Waals surface area contributed by atoms with Gasteiger partial charge in [-0.25, -0.2) is 0 Å². The first-order valence-electron chi connectivity index (χ1n) is 8.00. The lowest BCUT2D eigenvalue weighted by molar-refractivity contribution is -0.114. The van der Waals surface area contributed by atoms with Crippen molar-refractivity contribution in [2.75, 3.05) is 19.4 Å². The van der Waals surface area contributed by atoms with Crippen LogP contribution in [0.5, 0.6) is 0 Å². The number of carbonyl (C=O) groups is 1. The summed E-state index contributed by atoms with van der Waals surface area (Å²) in [5.74, 6) is -0.104. The van der Waals surface area contributed by atoms with Gasteiger partial charge in [-0.2, -0.15) is 0 Å². The summed E-state index contributed by atoms with van der Waals surface area (Å²) in [6.07, 6.45) is 1.87. The van der Waals surface area contributed by atoms with Crippen LogP contribution in [0.4, 0.5) is 5.69 Å². The molecule has 0 radical (unpaired) electrons. The van der Waals surface area contributed by atoms with Gasteiger partial charge < -0.3 is 14.8 Å². The van der Waals surface area contributed by atoms with Crippen LogP contribution in [0.25, 0.3) is 21.2 Å². The van der Waals surface area contributed by atoms with E-state index < -0.39 is 0 Å². The monoisotopic (exact) mass is 355 g/mol. The van der Waals surface area contributed by atoms with Crippen molar-refractivity contribution in [3.8, 4) is 11.1 Å². The predicted octanol–water partition coefficient (Wildman–Crippen LogP) is 3.29. The highest BCUT2D eigenvalue weighted by atomic mass is 32.1. The van der Waals surface area contributed by atoms with Crippen molar-refractivity contribution >= 4 is 33.0 Å². The molecule has 0 aliphatic carbocycles. The summed E-state index contributed by atoms with van der Waals surface area (Å²) in [6, 6.07) is 9.69. The standard InChI is InChI=1S/C19H21N3O2S/c1-12(23)20-14-7-5-6-13(8-14)17-11-22(4)19(24)16-9-15(10-21(2)3)25-18(16)17/h5-9,11H,10H2,1-4H3,(H,20,23). The van der Waals surface area contributed by atoms with E-state index in [2.05, 4.69) is 10.2 Å². The highest BCUT2D eigenvalue weighted by Gasteiger charge is 2.14. The molecule has 0 aliphatic rings. The van der Waals surface area contributed by atoms with E-state index in [-0.39, 0.29) is 11.5 Å². The van der Waals surface area contributed by atoms with Crippen LogP contribution in [0.3, 0.4) is 0 Å². The van der Waals surface area contributed by atoms with Crippen molar-refractivity contribution in [3.63, 3.8) is 0 Å². The average molecular weight is 355 g/mol. The Morgan fingerprint density at radius 1 is 1.28 bits per heavy atom. The fourth-order valence-electron chi connectivity index (χ4n) is 2.86. The molecule has 0 bridgehead atoms. The van der Waals surface area contributed by atoms with Gasteiger partial charge in [-0.1, -0.05) is 12.1 Å². The molecular formula is C19H21N3O2S. The molecule has 0 atom stereocenters. The number of carbonyl (C=O) groups excluding carboxylic acids is 1. The fourth-order valence-corrected chi connectivity index (χ4v) is 4.16. The number of nitrogens with one attached hydrogen (secondary N) is 1. The van der Waals surface area contributed by atoms with Crippen molar-refractivity contribution in [3.05, 3.63) is 51.8 Å². The van der Waals surface area contributed by atoms with Gasteiger partial charge in [-0.3, -0.25) is 9.59 Å². The molecule has 1 amide bonds. The van der Waals surface area contributed by atoms with Crippen LogP contribution in [0.2, 0.25) is 0 Å². The molecule has 0 unspecified atom stereocenters. The molecule has 0 aliphatic heterocycles. The third-order valence-electron chi connectivity index (χ3n) is 3.87. The van der Waals surface area contributed by atoms with E-state index in [0.717, 1.165) is 38.3 Å². The molecule has 2 heterocycles. The largest absolute Gasteiger partial charge is 0.326 e. The number of pyridine rings is 1. The average Bonchev–Trinajstić information content (AvgIpc) is 2.93. The van der Waals surface area contributed by atoms with Gasteiger partial charge in [0.1, 0.15) is 0 Å². The van der Waals surface area contributed by atoms with E-state index >= 15 is 0 Å². The van der Waals surface area contributed by atoms with Gasteiger partial charge in [0.2, 0.25) is 5.91 Å². The summed E-state index contributed by atoms with van der Waals surface area (Å²) in [5, 5.41) is 3.55. The molecule has 3 aromatic rings. The highest BCUT2D eigenvalue weighted by Crippen LogP contribution is 2.34. The zero-order valence-corrected chi connectivity index (χ0v) is 15.6. The van der Waals surface area contributed by atoms with Crippen molar-refractivity contribution in [1.29, 1.82) is 0 Å². The normalized spacial score (nSPS) is 11.2. The molecule has 0 saturated heterocycles. The smallest absolute Gasteiger partial charge is 0.259 e. The van der Waals surface area contributed by atoms with Gasteiger partial charge in [0.25, 0.3) is 5.56 Å². The van der Waals surface area contributed by atoms with Crippen molar-refractivity contribution in [2.45, 2.75) is 13.5 Å². The first-order chi connectivity index (χ1) is 11.8. The van der Waals surface area contributed by atoms with Crippen LogP contribution in [-0.4, -0.2) is 29.5 Å². The lowest BCUT2D eigenvalue weighted by Gasteiger charge is -2.09. The lowest BCUT2D eigenvalue weighted by atomic mass is 10.1. The maximum atomic E-state index is 12.5. The Balaban J connectivity index is 2.18. The molecule has 130 valence electrons. The Morgan fingerprint density at radius 2 is 2.04 bits per heavy atom. The summed E-state index contributed by atoms with van der Waals surface area (Å²) in [5.41, 5.74) is 2.74. The van der Waals surface area contributed by atoms with Crippen LogP contribution in [0, 0.1) is 0 Å². The highest BCUT2D eigenvalue weighted by molar-refractivity contribution is 7.19. The Bertz CT molecular complexity index is 1000. The predicted molar refractivity (Wildman–Crippen MR) is 104 cm³/mol. The number of fused-ring (bicyclic) bond motifs is 1. The maximum absolute atomic E-state index is 12.5. The van der Waals surface area contributed by atoms with Crippen molar-refractivity contribution < 1.29 is 4.79 Å². The van der Waals surface area contributed by atoms with E-state index in [9.17, 15) is 9.59 Å². The summed E-state index contributed by atoms with van der Waals surface area (Å²) in [7, 11) is 5.80. The van der Waals surface area contributed by atoms with E-state index in [1.54, 1.807) is 23.0 Å². The zero-order valence-electron chi connectivity index (χ0n) is 14.8. The first kappa shape index (κ1) is 17.4. The van der Waals surface area contributed by atoms with Gasteiger partial charge in [0.15, 0.2) is 0 Å². The third-order valence-corrected chi connectivity index (χ3v) is 5.02. The Hall–Kier alpha value is -2.44. The minimum absolute atomic E-state index is 0.0121. The number of nitrogens with zero attached hydrogens (tertiary/aromatic N) is 2. The quantitative estimate of drug-likeness (QED) is 0.781. The van der Waals surface area contributed by atoms with Gasteiger partial charge >= 0.3 is 0 Å². The molecule has 0 fully saturated rings. The molecule has 0 spiro atoms. The first-order valence-corrected chi connectivity index (χ1v) is 8.81. The second-order valence-corrected chi connectivity index (χ2v) is 7.55. The minimum Gasteiger partial charge on any atom is -0.326 e. The minimum atomic E-state index is -0.104. The number of hydrogen-bond acceptors (Lipinski definition) is 4. The van der Waals surface area contributed by atoms with Crippen LogP contribution in [0.15, 0.2) is 41.3 Å². The van der Waals surface area contributed by atoms with Gasteiger partial charge in [-0.15, -0.1) is 11.3 Å². The second kappa shape index (κ2) is 6.82. The van der Waals surface area contributed by atoms with E-state index in [1.165, 1.54) is 6.92 Å². The number of hydrogen-bond donors (Lipinski definition) is 1. The number of aromatic nitrogens is 1.